The molecular weight excluding hydrogens is 377 g/mol. The fourth-order valence-corrected chi connectivity index (χ4v) is 4.26. The van der Waals surface area contributed by atoms with Crippen LogP contribution in [0.15, 0.2) is 66.9 Å². The molecular formula is C25H26FN3O. The third-order valence-corrected chi connectivity index (χ3v) is 5.83. The Labute approximate surface area is 176 Å². The maximum absolute atomic E-state index is 13.4. The second kappa shape index (κ2) is 8.66. The van der Waals surface area contributed by atoms with E-state index in [1.54, 1.807) is 18.3 Å². The molecule has 4 rings (SSSR count). The molecule has 2 N–H and O–H groups in total. The van der Waals surface area contributed by atoms with Gasteiger partial charge in [-0.05, 0) is 72.9 Å². The predicted octanol–water partition coefficient (Wildman–Crippen LogP) is 6.18. The summed E-state index contributed by atoms with van der Waals surface area (Å²) in [5.74, 6) is -0.265. The Morgan fingerprint density at radius 1 is 0.933 bits per heavy atom. The minimum absolute atomic E-state index is 0.242. The lowest BCUT2D eigenvalue weighted by molar-refractivity contribution is 0.212. The first-order chi connectivity index (χ1) is 14.5. The summed E-state index contributed by atoms with van der Waals surface area (Å²) in [5.41, 5.74) is 4.37. The van der Waals surface area contributed by atoms with Crippen LogP contribution in [0.1, 0.15) is 43.4 Å². The molecule has 0 spiro atoms. The molecule has 2 amide bonds. The van der Waals surface area contributed by atoms with E-state index in [-0.39, 0.29) is 11.8 Å². The fourth-order valence-electron chi connectivity index (χ4n) is 4.26. The van der Waals surface area contributed by atoms with Gasteiger partial charge in [0.1, 0.15) is 5.82 Å². The molecule has 0 atom stereocenters. The molecule has 1 heterocycles. The first kappa shape index (κ1) is 20.1. The van der Waals surface area contributed by atoms with Crippen molar-refractivity contribution in [2.24, 2.45) is 0 Å². The van der Waals surface area contributed by atoms with Crippen molar-refractivity contribution < 1.29 is 9.18 Å². The number of nitrogens with one attached hydrogen (secondary N) is 2. The van der Waals surface area contributed by atoms with Crippen molar-refractivity contribution in [3.8, 4) is 11.1 Å². The van der Waals surface area contributed by atoms with Crippen LogP contribution in [0, 0.1) is 12.7 Å². The number of benzene rings is 2. The van der Waals surface area contributed by atoms with E-state index in [1.807, 2.05) is 43.3 Å². The van der Waals surface area contributed by atoms with Crippen molar-refractivity contribution in [1.29, 1.82) is 0 Å². The van der Waals surface area contributed by atoms with Crippen LogP contribution in [-0.4, -0.2) is 11.0 Å². The summed E-state index contributed by atoms with van der Waals surface area (Å²) in [6.07, 6.45) is 6.74. The van der Waals surface area contributed by atoms with Crippen molar-refractivity contribution in [1.82, 2.24) is 10.3 Å². The van der Waals surface area contributed by atoms with Gasteiger partial charge in [0.05, 0.1) is 5.54 Å². The van der Waals surface area contributed by atoms with Gasteiger partial charge in [-0.1, -0.05) is 43.5 Å². The van der Waals surface area contributed by atoms with E-state index < -0.39 is 5.54 Å². The number of halogens is 1. The van der Waals surface area contributed by atoms with E-state index in [0.717, 1.165) is 60.2 Å². The highest BCUT2D eigenvalue weighted by molar-refractivity contribution is 5.90. The van der Waals surface area contributed by atoms with Crippen LogP contribution in [0.2, 0.25) is 0 Å². The quantitative estimate of drug-likeness (QED) is 0.547. The lowest BCUT2D eigenvalue weighted by Gasteiger charge is -2.38. The molecule has 0 unspecified atom stereocenters. The largest absolute Gasteiger partial charge is 0.328 e. The fraction of sp³-hybridized carbons (Fsp3) is 0.280. The standard InChI is InChI=1S/C25H26FN3O/c1-18-17-20(13-16-27-18)19-5-11-23(12-6-19)28-24(30)29-25(14-3-2-4-15-25)21-7-9-22(26)10-8-21/h5-13,16-17H,2-4,14-15H2,1H3,(H2,28,29,30). The number of aryl methyl sites for hydroxylation is 1. The van der Waals surface area contributed by atoms with Gasteiger partial charge in [-0.2, -0.15) is 0 Å². The molecule has 1 aliphatic carbocycles. The molecule has 30 heavy (non-hydrogen) atoms. The van der Waals surface area contributed by atoms with Crippen LogP contribution in [0.4, 0.5) is 14.9 Å². The van der Waals surface area contributed by atoms with Crippen LogP contribution in [0.3, 0.4) is 0 Å². The smallest absolute Gasteiger partial charge is 0.319 e. The third-order valence-electron chi connectivity index (χ3n) is 5.83. The first-order valence-electron chi connectivity index (χ1n) is 10.4. The zero-order chi connectivity index (χ0) is 21.0. The Balaban J connectivity index is 1.48. The number of amides is 2. The number of hydrogen-bond donors (Lipinski definition) is 2. The molecule has 154 valence electrons. The summed E-state index contributed by atoms with van der Waals surface area (Å²) in [4.78, 5) is 17.0. The zero-order valence-corrected chi connectivity index (χ0v) is 17.1. The van der Waals surface area contributed by atoms with Gasteiger partial charge in [-0.3, -0.25) is 4.98 Å². The van der Waals surface area contributed by atoms with Gasteiger partial charge in [-0.25, -0.2) is 9.18 Å². The molecule has 0 saturated heterocycles. The van der Waals surface area contributed by atoms with Crippen LogP contribution in [0.5, 0.6) is 0 Å². The summed E-state index contributed by atoms with van der Waals surface area (Å²) < 4.78 is 13.4. The van der Waals surface area contributed by atoms with Gasteiger partial charge in [0.15, 0.2) is 0 Å². The number of aromatic nitrogens is 1. The second-order valence-electron chi connectivity index (χ2n) is 7.99. The van der Waals surface area contributed by atoms with Crippen LogP contribution in [-0.2, 0) is 5.54 Å². The Morgan fingerprint density at radius 2 is 1.63 bits per heavy atom. The van der Waals surface area contributed by atoms with E-state index in [4.69, 9.17) is 0 Å². The van der Waals surface area contributed by atoms with E-state index in [2.05, 4.69) is 15.6 Å². The Kier molecular flexibility index (Phi) is 5.79. The molecule has 0 bridgehead atoms. The number of hydrogen-bond acceptors (Lipinski definition) is 2. The normalized spacial score (nSPS) is 15.4. The maximum atomic E-state index is 13.4. The molecule has 1 fully saturated rings. The zero-order valence-electron chi connectivity index (χ0n) is 17.1. The highest BCUT2D eigenvalue weighted by Gasteiger charge is 2.35. The highest BCUT2D eigenvalue weighted by atomic mass is 19.1. The maximum Gasteiger partial charge on any atom is 0.319 e. The SMILES string of the molecule is Cc1cc(-c2ccc(NC(=O)NC3(c4ccc(F)cc4)CCCCC3)cc2)ccn1. The van der Waals surface area contributed by atoms with E-state index >= 15 is 0 Å². The topological polar surface area (TPSA) is 54.0 Å². The van der Waals surface area contributed by atoms with Gasteiger partial charge in [0, 0.05) is 17.6 Å². The number of rotatable bonds is 4. The summed E-state index contributed by atoms with van der Waals surface area (Å²) in [6.45, 7) is 1.96. The number of anilines is 1. The number of pyridine rings is 1. The summed E-state index contributed by atoms with van der Waals surface area (Å²) in [7, 11) is 0. The minimum Gasteiger partial charge on any atom is -0.328 e. The van der Waals surface area contributed by atoms with Crippen LogP contribution in [0.25, 0.3) is 11.1 Å². The molecule has 2 aromatic carbocycles. The summed E-state index contributed by atoms with van der Waals surface area (Å²) >= 11 is 0. The van der Waals surface area contributed by atoms with E-state index in [0.29, 0.717) is 0 Å². The summed E-state index contributed by atoms with van der Waals surface area (Å²) in [6, 6.07) is 18.0. The van der Waals surface area contributed by atoms with Crippen molar-refractivity contribution in [3.63, 3.8) is 0 Å². The van der Waals surface area contributed by atoms with Gasteiger partial charge in [0.25, 0.3) is 0 Å². The molecule has 1 saturated carbocycles. The molecule has 0 aliphatic heterocycles. The highest BCUT2D eigenvalue weighted by Crippen LogP contribution is 2.37. The number of urea groups is 1. The molecule has 5 heteroatoms. The van der Waals surface area contributed by atoms with E-state index in [1.165, 1.54) is 12.1 Å². The van der Waals surface area contributed by atoms with E-state index in [9.17, 15) is 9.18 Å². The van der Waals surface area contributed by atoms with Crippen molar-refractivity contribution >= 4 is 11.7 Å². The monoisotopic (exact) mass is 403 g/mol. The Hall–Kier alpha value is -3.21. The minimum atomic E-state index is -0.454. The number of carbonyl (C=O) groups is 1. The van der Waals surface area contributed by atoms with Crippen LogP contribution < -0.4 is 10.6 Å². The molecule has 1 aliphatic rings. The summed E-state index contributed by atoms with van der Waals surface area (Å²) in [5, 5.41) is 6.14. The molecule has 4 nitrogen and oxygen atoms in total. The van der Waals surface area contributed by atoms with Crippen LogP contribution >= 0.6 is 0 Å². The Bertz CT molecular complexity index is 1010. The third kappa shape index (κ3) is 4.51. The number of nitrogens with zero attached hydrogens (tertiary/aromatic N) is 1. The van der Waals surface area contributed by atoms with Gasteiger partial charge >= 0.3 is 6.03 Å². The van der Waals surface area contributed by atoms with Gasteiger partial charge < -0.3 is 10.6 Å². The molecule has 1 aromatic heterocycles. The van der Waals surface area contributed by atoms with Crippen molar-refractivity contribution in [2.45, 2.75) is 44.6 Å². The predicted molar refractivity (Wildman–Crippen MR) is 118 cm³/mol. The van der Waals surface area contributed by atoms with Gasteiger partial charge in [-0.15, -0.1) is 0 Å². The second-order valence-corrected chi connectivity index (χ2v) is 7.99. The van der Waals surface area contributed by atoms with Crippen molar-refractivity contribution in [2.75, 3.05) is 5.32 Å². The van der Waals surface area contributed by atoms with Crippen molar-refractivity contribution in [3.05, 3.63) is 83.9 Å². The average Bonchev–Trinajstić information content (AvgIpc) is 2.75. The first-order valence-corrected chi connectivity index (χ1v) is 10.4. The number of carbonyl (C=O) groups excluding carboxylic acids is 1. The van der Waals surface area contributed by atoms with Gasteiger partial charge in [0.2, 0.25) is 0 Å². The Morgan fingerprint density at radius 3 is 2.30 bits per heavy atom. The lowest BCUT2D eigenvalue weighted by Crippen LogP contribution is -2.48. The molecule has 3 aromatic rings. The molecule has 0 radical (unpaired) electrons. The average molecular weight is 404 g/mol. The lowest BCUT2D eigenvalue weighted by atomic mass is 9.76.